The van der Waals surface area contributed by atoms with Crippen molar-refractivity contribution in [2.45, 2.75) is 0 Å². The standard InChI is InChI=1S/C10H7NO4S/c12-6-2-1-5(3-7(6)13)9-11-4-8(16-9)10(14)15/h1-4,12-13H,(H,14,15). The summed E-state index contributed by atoms with van der Waals surface area (Å²) in [7, 11) is 0. The van der Waals surface area contributed by atoms with Crippen molar-refractivity contribution < 1.29 is 20.1 Å². The van der Waals surface area contributed by atoms with E-state index < -0.39 is 5.97 Å². The molecule has 6 heteroatoms. The lowest BCUT2D eigenvalue weighted by molar-refractivity contribution is 0.0702. The molecule has 0 saturated heterocycles. The van der Waals surface area contributed by atoms with Crippen LogP contribution in [0.15, 0.2) is 24.4 Å². The minimum atomic E-state index is -1.04. The van der Waals surface area contributed by atoms with Gasteiger partial charge in [0.1, 0.15) is 9.88 Å². The molecule has 1 heterocycles. The summed E-state index contributed by atoms with van der Waals surface area (Å²) < 4.78 is 0. The highest BCUT2D eigenvalue weighted by molar-refractivity contribution is 7.16. The number of phenols is 2. The van der Waals surface area contributed by atoms with Gasteiger partial charge in [-0.2, -0.15) is 0 Å². The van der Waals surface area contributed by atoms with E-state index in [9.17, 15) is 9.90 Å². The van der Waals surface area contributed by atoms with Crippen molar-refractivity contribution in [1.29, 1.82) is 0 Å². The SMILES string of the molecule is O=C(O)c1cnc(-c2ccc(O)c(O)c2)s1. The summed E-state index contributed by atoms with van der Waals surface area (Å²) >= 11 is 1.01. The molecular formula is C10H7NO4S. The van der Waals surface area contributed by atoms with Crippen LogP contribution in [0.1, 0.15) is 9.67 Å². The number of carboxylic acid groups (broad SMARTS) is 1. The van der Waals surface area contributed by atoms with Gasteiger partial charge in [-0.1, -0.05) is 0 Å². The number of phenolic OH excluding ortho intramolecular Hbond substituents is 2. The molecule has 0 unspecified atom stereocenters. The molecule has 0 aliphatic rings. The van der Waals surface area contributed by atoms with E-state index >= 15 is 0 Å². The first kappa shape index (κ1) is 10.4. The average Bonchev–Trinajstić information content (AvgIpc) is 2.71. The number of aromatic hydroxyl groups is 2. The Bertz CT molecular complexity index is 550. The van der Waals surface area contributed by atoms with Gasteiger partial charge in [-0.25, -0.2) is 9.78 Å². The van der Waals surface area contributed by atoms with Gasteiger partial charge in [0.15, 0.2) is 11.5 Å². The summed E-state index contributed by atoms with van der Waals surface area (Å²) in [6.07, 6.45) is 1.26. The fourth-order valence-corrected chi connectivity index (χ4v) is 1.91. The number of benzene rings is 1. The third-order valence-electron chi connectivity index (χ3n) is 1.94. The van der Waals surface area contributed by atoms with Crippen molar-refractivity contribution >= 4 is 17.3 Å². The van der Waals surface area contributed by atoms with Gasteiger partial charge in [-0.3, -0.25) is 0 Å². The number of rotatable bonds is 2. The first-order valence-electron chi connectivity index (χ1n) is 4.29. The van der Waals surface area contributed by atoms with E-state index in [1.54, 1.807) is 6.07 Å². The van der Waals surface area contributed by atoms with E-state index in [1.165, 1.54) is 18.3 Å². The number of carbonyl (C=O) groups is 1. The average molecular weight is 237 g/mol. The van der Waals surface area contributed by atoms with Crippen LogP contribution in [0.2, 0.25) is 0 Å². The number of aromatic carboxylic acids is 1. The van der Waals surface area contributed by atoms with Crippen molar-refractivity contribution in [1.82, 2.24) is 4.98 Å². The number of aromatic nitrogens is 1. The molecule has 82 valence electrons. The van der Waals surface area contributed by atoms with Crippen LogP contribution in [0, 0.1) is 0 Å². The van der Waals surface area contributed by atoms with Crippen LogP contribution in [-0.4, -0.2) is 26.3 Å². The lowest BCUT2D eigenvalue weighted by Crippen LogP contribution is -1.89. The van der Waals surface area contributed by atoms with E-state index in [0.717, 1.165) is 11.3 Å². The Labute approximate surface area is 94.3 Å². The molecule has 0 aliphatic heterocycles. The van der Waals surface area contributed by atoms with Crippen LogP contribution in [0.25, 0.3) is 10.6 Å². The summed E-state index contributed by atoms with van der Waals surface area (Å²) in [5.74, 6) is -1.52. The number of thiazole rings is 1. The highest BCUT2D eigenvalue weighted by Gasteiger charge is 2.11. The Morgan fingerprint density at radius 2 is 2.00 bits per heavy atom. The van der Waals surface area contributed by atoms with Gasteiger partial charge in [-0.15, -0.1) is 11.3 Å². The number of nitrogens with zero attached hydrogens (tertiary/aromatic N) is 1. The van der Waals surface area contributed by atoms with Crippen LogP contribution < -0.4 is 0 Å². The van der Waals surface area contributed by atoms with Crippen LogP contribution in [0.4, 0.5) is 0 Å². The summed E-state index contributed by atoms with van der Waals surface area (Å²) in [4.78, 5) is 14.7. The maximum Gasteiger partial charge on any atom is 0.347 e. The predicted octanol–water partition coefficient (Wildman–Crippen LogP) is 1.92. The Kier molecular flexibility index (Phi) is 2.49. The summed E-state index contributed by atoms with van der Waals surface area (Å²) in [6, 6.07) is 4.21. The minimum Gasteiger partial charge on any atom is -0.504 e. The molecule has 16 heavy (non-hydrogen) atoms. The second-order valence-corrected chi connectivity index (χ2v) is 4.07. The largest absolute Gasteiger partial charge is 0.504 e. The van der Waals surface area contributed by atoms with E-state index in [0.29, 0.717) is 10.6 Å². The summed E-state index contributed by atoms with van der Waals surface area (Å²) in [5, 5.41) is 27.6. The topological polar surface area (TPSA) is 90.7 Å². The van der Waals surface area contributed by atoms with Crippen molar-refractivity contribution in [3.05, 3.63) is 29.3 Å². The first-order valence-corrected chi connectivity index (χ1v) is 5.11. The molecule has 0 bridgehead atoms. The molecule has 0 atom stereocenters. The molecule has 2 aromatic rings. The third-order valence-corrected chi connectivity index (χ3v) is 2.97. The third kappa shape index (κ3) is 1.82. The van der Waals surface area contributed by atoms with Gasteiger partial charge in [0.2, 0.25) is 0 Å². The van der Waals surface area contributed by atoms with Gasteiger partial charge in [-0.05, 0) is 18.2 Å². The van der Waals surface area contributed by atoms with Crippen LogP contribution in [0.5, 0.6) is 11.5 Å². The maximum atomic E-state index is 10.6. The molecule has 0 saturated carbocycles. The molecule has 2 rings (SSSR count). The van der Waals surface area contributed by atoms with Gasteiger partial charge >= 0.3 is 5.97 Å². The number of hydrogen-bond donors (Lipinski definition) is 3. The summed E-state index contributed by atoms with van der Waals surface area (Å²) in [6.45, 7) is 0. The fourth-order valence-electron chi connectivity index (χ4n) is 1.16. The van der Waals surface area contributed by atoms with Gasteiger partial charge in [0, 0.05) is 5.56 Å². The molecule has 0 fully saturated rings. The molecular weight excluding hydrogens is 230 g/mol. The van der Waals surface area contributed by atoms with Gasteiger partial charge in [0.05, 0.1) is 6.20 Å². The molecule has 0 spiro atoms. The van der Waals surface area contributed by atoms with E-state index in [1.807, 2.05) is 0 Å². The second-order valence-electron chi connectivity index (χ2n) is 3.04. The van der Waals surface area contributed by atoms with Crippen molar-refractivity contribution in [2.75, 3.05) is 0 Å². The monoisotopic (exact) mass is 237 g/mol. The van der Waals surface area contributed by atoms with Crippen molar-refractivity contribution in [3.63, 3.8) is 0 Å². The van der Waals surface area contributed by atoms with Crippen molar-refractivity contribution in [2.24, 2.45) is 0 Å². The normalized spacial score (nSPS) is 10.2. The Morgan fingerprint density at radius 1 is 1.25 bits per heavy atom. The van der Waals surface area contributed by atoms with E-state index in [4.69, 9.17) is 10.2 Å². The molecule has 1 aromatic heterocycles. The molecule has 0 amide bonds. The molecule has 1 aromatic carbocycles. The second kappa shape index (κ2) is 3.82. The highest BCUT2D eigenvalue weighted by Crippen LogP contribution is 2.32. The predicted molar refractivity (Wildman–Crippen MR) is 57.8 cm³/mol. The molecule has 3 N–H and O–H groups in total. The Balaban J connectivity index is 2.42. The van der Waals surface area contributed by atoms with Crippen LogP contribution in [-0.2, 0) is 0 Å². The summed E-state index contributed by atoms with van der Waals surface area (Å²) in [5.41, 5.74) is 0.563. The Hall–Kier alpha value is -2.08. The zero-order valence-electron chi connectivity index (χ0n) is 7.91. The van der Waals surface area contributed by atoms with Crippen molar-refractivity contribution in [3.8, 4) is 22.1 Å². The zero-order valence-corrected chi connectivity index (χ0v) is 8.73. The van der Waals surface area contributed by atoms with E-state index in [2.05, 4.69) is 4.98 Å². The number of hydrogen-bond acceptors (Lipinski definition) is 5. The quantitative estimate of drug-likeness (QED) is 0.694. The minimum absolute atomic E-state index is 0.127. The molecule has 0 aliphatic carbocycles. The molecule has 0 radical (unpaired) electrons. The molecule has 5 nitrogen and oxygen atoms in total. The van der Waals surface area contributed by atoms with E-state index in [-0.39, 0.29) is 16.4 Å². The van der Waals surface area contributed by atoms with Crippen LogP contribution >= 0.6 is 11.3 Å². The number of carboxylic acids is 1. The highest BCUT2D eigenvalue weighted by atomic mass is 32.1. The first-order chi connectivity index (χ1) is 7.58. The lowest BCUT2D eigenvalue weighted by Gasteiger charge is -1.99. The van der Waals surface area contributed by atoms with Gasteiger partial charge < -0.3 is 15.3 Å². The zero-order chi connectivity index (χ0) is 11.7. The van der Waals surface area contributed by atoms with Gasteiger partial charge in [0.25, 0.3) is 0 Å². The lowest BCUT2D eigenvalue weighted by atomic mass is 10.2. The Morgan fingerprint density at radius 3 is 2.56 bits per heavy atom. The van der Waals surface area contributed by atoms with Crippen LogP contribution in [0.3, 0.4) is 0 Å². The maximum absolute atomic E-state index is 10.6. The smallest absolute Gasteiger partial charge is 0.347 e. The fraction of sp³-hybridized carbons (Fsp3) is 0.